The Morgan fingerprint density at radius 1 is 1.00 bits per heavy atom. The topological polar surface area (TPSA) is 17.1 Å². The van der Waals surface area contributed by atoms with Gasteiger partial charge in [-0.15, -0.1) is 0 Å². The molecule has 3 rings (SSSR count). The third kappa shape index (κ3) is 2.61. The molecule has 1 aliphatic carbocycles. The number of halogens is 1. The lowest BCUT2D eigenvalue weighted by Crippen LogP contribution is -2.13. The lowest BCUT2D eigenvalue weighted by Gasteiger charge is -2.24. The highest BCUT2D eigenvalue weighted by Gasteiger charge is 2.23. The van der Waals surface area contributed by atoms with Crippen LogP contribution in [0.1, 0.15) is 29.0 Å². The van der Waals surface area contributed by atoms with Gasteiger partial charge in [-0.1, -0.05) is 64.0 Å². The molecule has 2 heteroatoms. The minimum atomic E-state index is -0.0939. The highest BCUT2D eigenvalue weighted by atomic mass is 79.9. The number of carbonyl (C=O) groups is 1. The molecule has 0 radical (unpaired) electrons. The minimum Gasteiger partial charge on any atom is -0.302 e. The van der Waals surface area contributed by atoms with Crippen LogP contribution in [0.3, 0.4) is 0 Å². The second kappa shape index (κ2) is 5.76. The van der Waals surface area contributed by atoms with Crippen molar-refractivity contribution in [2.45, 2.75) is 18.8 Å². The van der Waals surface area contributed by atoms with Crippen LogP contribution in [-0.2, 0) is 11.2 Å². The van der Waals surface area contributed by atoms with Gasteiger partial charge in [-0.25, -0.2) is 0 Å². The number of rotatable bonds is 2. The van der Waals surface area contributed by atoms with E-state index >= 15 is 0 Å². The maximum atomic E-state index is 11.5. The summed E-state index contributed by atoms with van der Waals surface area (Å²) in [6, 6.07) is 16.4. The van der Waals surface area contributed by atoms with Gasteiger partial charge < -0.3 is 4.79 Å². The zero-order valence-corrected chi connectivity index (χ0v) is 12.6. The largest absolute Gasteiger partial charge is 0.302 e. The first kappa shape index (κ1) is 13.3. The van der Waals surface area contributed by atoms with Crippen LogP contribution in [0.4, 0.5) is 0 Å². The summed E-state index contributed by atoms with van der Waals surface area (Å²) >= 11 is 3.44. The summed E-state index contributed by atoms with van der Waals surface area (Å²) in [4.78, 5) is 11.5. The molecule has 2 aromatic carbocycles. The molecule has 0 saturated heterocycles. The third-order valence-electron chi connectivity index (χ3n) is 3.83. The van der Waals surface area contributed by atoms with E-state index in [-0.39, 0.29) is 5.92 Å². The van der Waals surface area contributed by atoms with Crippen LogP contribution >= 0.6 is 15.9 Å². The Balaban J connectivity index is 1.99. The van der Waals surface area contributed by atoms with E-state index in [9.17, 15) is 4.79 Å². The highest BCUT2D eigenvalue weighted by molar-refractivity contribution is 9.10. The quantitative estimate of drug-likeness (QED) is 0.727. The minimum absolute atomic E-state index is 0.0939. The summed E-state index contributed by atoms with van der Waals surface area (Å²) in [6.07, 6.45) is 5.20. The maximum Gasteiger partial charge on any atom is 0.131 e. The standard InChI is InChI=1S/C18H15BrO/c19-16-9-5-13(6-10-16)11-15-8-7-14-3-1-2-4-17(14)18(15)12-20/h1-6,9-12,18H,7-8H2. The van der Waals surface area contributed by atoms with Gasteiger partial charge in [0.25, 0.3) is 0 Å². The maximum absolute atomic E-state index is 11.5. The Hall–Kier alpha value is -1.67. The van der Waals surface area contributed by atoms with E-state index in [0.717, 1.165) is 34.7 Å². The van der Waals surface area contributed by atoms with Crippen LogP contribution < -0.4 is 0 Å². The van der Waals surface area contributed by atoms with Crippen molar-refractivity contribution in [3.63, 3.8) is 0 Å². The molecule has 0 saturated carbocycles. The van der Waals surface area contributed by atoms with E-state index in [4.69, 9.17) is 0 Å². The Bertz CT molecular complexity index is 655. The van der Waals surface area contributed by atoms with Crippen LogP contribution in [0.15, 0.2) is 58.6 Å². The predicted molar refractivity (Wildman–Crippen MR) is 85.7 cm³/mol. The zero-order chi connectivity index (χ0) is 13.9. The number of hydrogen-bond acceptors (Lipinski definition) is 1. The Morgan fingerprint density at radius 2 is 1.75 bits per heavy atom. The van der Waals surface area contributed by atoms with E-state index in [1.54, 1.807) is 0 Å². The number of carbonyl (C=O) groups excluding carboxylic acids is 1. The van der Waals surface area contributed by atoms with Crippen molar-refractivity contribution < 1.29 is 4.79 Å². The predicted octanol–water partition coefficient (Wildman–Crippen LogP) is 4.76. The number of aryl methyl sites for hydroxylation is 1. The molecule has 20 heavy (non-hydrogen) atoms. The van der Waals surface area contributed by atoms with Crippen LogP contribution in [0.2, 0.25) is 0 Å². The first-order valence-corrected chi connectivity index (χ1v) is 7.56. The molecule has 0 aromatic heterocycles. The zero-order valence-electron chi connectivity index (χ0n) is 11.1. The molecule has 0 aliphatic heterocycles. The van der Waals surface area contributed by atoms with Crippen molar-refractivity contribution in [3.05, 3.63) is 75.3 Å². The lowest BCUT2D eigenvalue weighted by molar-refractivity contribution is -0.108. The summed E-state index contributed by atoms with van der Waals surface area (Å²) in [5.74, 6) is -0.0939. The summed E-state index contributed by atoms with van der Waals surface area (Å²) in [5.41, 5.74) is 4.82. The molecule has 2 aromatic rings. The molecule has 0 N–H and O–H groups in total. The van der Waals surface area contributed by atoms with Gasteiger partial charge in [-0.2, -0.15) is 0 Å². The summed E-state index contributed by atoms with van der Waals surface area (Å²) in [5, 5.41) is 0. The van der Waals surface area contributed by atoms with E-state index in [1.165, 1.54) is 11.1 Å². The van der Waals surface area contributed by atoms with Gasteiger partial charge in [-0.3, -0.25) is 0 Å². The molecular formula is C18H15BrO. The van der Waals surface area contributed by atoms with E-state index in [0.29, 0.717) is 0 Å². The third-order valence-corrected chi connectivity index (χ3v) is 4.36. The fourth-order valence-corrected chi connectivity index (χ4v) is 3.06. The second-order valence-corrected chi connectivity index (χ2v) is 6.00. The van der Waals surface area contributed by atoms with Gasteiger partial charge in [0.15, 0.2) is 0 Å². The van der Waals surface area contributed by atoms with E-state index < -0.39 is 0 Å². The number of hydrogen-bond donors (Lipinski definition) is 0. The van der Waals surface area contributed by atoms with Gasteiger partial charge in [0.1, 0.15) is 6.29 Å². The van der Waals surface area contributed by atoms with Crippen molar-refractivity contribution >= 4 is 28.3 Å². The fraction of sp³-hybridized carbons (Fsp3) is 0.167. The molecule has 0 spiro atoms. The fourth-order valence-electron chi connectivity index (χ4n) is 2.80. The molecule has 0 amide bonds. The second-order valence-electron chi connectivity index (χ2n) is 5.08. The van der Waals surface area contributed by atoms with Gasteiger partial charge in [-0.05, 0) is 41.7 Å². The SMILES string of the molecule is O=CC1C(=Cc2ccc(Br)cc2)CCc2ccccc21. The van der Waals surface area contributed by atoms with Gasteiger partial charge >= 0.3 is 0 Å². The monoisotopic (exact) mass is 326 g/mol. The molecule has 1 atom stereocenters. The van der Waals surface area contributed by atoms with Crippen molar-refractivity contribution in [2.24, 2.45) is 0 Å². The molecule has 0 heterocycles. The molecule has 0 fully saturated rings. The van der Waals surface area contributed by atoms with E-state index in [1.807, 2.05) is 24.3 Å². The molecule has 1 unspecified atom stereocenters. The van der Waals surface area contributed by atoms with Crippen molar-refractivity contribution in [1.29, 1.82) is 0 Å². The first-order valence-electron chi connectivity index (χ1n) is 6.77. The number of benzene rings is 2. The van der Waals surface area contributed by atoms with Gasteiger partial charge in [0.05, 0.1) is 5.92 Å². The van der Waals surface area contributed by atoms with E-state index in [2.05, 4.69) is 46.3 Å². The van der Waals surface area contributed by atoms with Crippen molar-refractivity contribution in [1.82, 2.24) is 0 Å². The number of aldehydes is 1. The molecular weight excluding hydrogens is 312 g/mol. The van der Waals surface area contributed by atoms with Gasteiger partial charge in [0.2, 0.25) is 0 Å². The number of allylic oxidation sites excluding steroid dienone is 1. The molecule has 1 aliphatic rings. The first-order chi connectivity index (χ1) is 9.78. The summed E-state index contributed by atoms with van der Waals surface area (Å²) in [6.45, 7) is 0. The van der Waals surface area contributed by atoms with Crippen LogP contribution in [0.5, 0.6) is 0 Å². The highest BCUT2D eigenvalue weighted by Crippen LogP contribution is 2.35. The lowest BCUT2D eigenvalue weighted by atomic mass is 9.79. The summed E-state index contributed by atoms with van der Waals surface area (Å²) < 4.78 is 1.07. The molecule has 1 nitrogen and oxygen atoms in total. The van der Waals surface area contributed by atoms with Crippen LogP contribution in [0.25, 0.3) is 6.08 Å². The Labute approximate surface area is 127 Å². The van der Waals surface area contributed by atoms with Crippen LogP contribution in [-0.4, -0.2) is 6.29 Å². The smallest absolute Gasteiger partial charge is 0.131 e. The normalized spacial score (nSPS) is 19.6. The number of fused-ring (bicyclic) bond motifs is 1. The average Bonchev–Trinajstić information content (AvgIpc) is 2.49. The Kier molecular flexibility index (Phi) is 3.83. The summed E-state index contributed by atoms with van der Waals surface area (Å²) in [7, 11) is 0. The van der Waals surface area contributed by atoms with Gasteiger partial charge in [0, 0.05) is 4.47 Å². The van der Waals surface area contributed by atoms with Crippen molar-refractivity contribution in [2.75, 3.05) is 0 Å². The molecule has 0 bridgehead atoms. The Morgan fingerprint density at radius 3 is 2.50 bits per heavy atom. The van der Waals surface area contributed by atoms with Crippen molar-refractivity contribution in [3.8, 4) is 0 Å². The van der Waals surface area contributed by atoms with Crippen LogP contribution in [0, 0.1) is 0 Å². The average molecular weight is 327 g/mol. The molecule has 100 valence electrons.